The number of aromatic nitrogens is 2. The van der Waals surface area contributed by atoms with Gasteiger partial charge in [-0.05, 0) is 23.2 Å². The van der Waals surface area contributed by atoms with Crippen molar-refractivity contribution >= 4 is 34.4 Å². The monoisotopic (exact) mass is 376 g/mol. The molecular formula is C24H17BN2O2. The SMILES string of the molecule is OB(O)c1cccc(-c2ccc3ccc4ccc(-c5ccccc5)nc4c3n2)c1. The highest BCUT2D eigenvalue weighted by Gasteiger charge is 2.13. The maximum atomic E-state index is 9.47. The average Bonchev–Trinajstić information content (AvgIpc) is 2.79. The lowest BCUT2D eigenvalue weighted by Gasteiger charge is -2.09. The smallest absolute Gasteiger partial charge is 0.423 e. The van der Waals surface area contributed by atoms with Gasteiger partial charge in [0.2, 0.25) is 0 Å². The first-order valence-electron chi connectivity index (χ1n) is 9.41. The summed E-state index contributed by atoms with van der Waals surface area (Å²) in [5, 5.41) is 21.0. The van der Waals surface area contributed by atoms with Gasteiger partial charge in [-0.15, -0.1) is 0 Å². The molecule has 0 unspecified atom stereocenters. The lowest BCUT2D eigenvalue weighted by atomic mass is 9.79. The minimum atomic E-state index is -1.51. The van der Waals surface area contributed by atoms with Crippen LogP contribution in [0.3, 0.4) is 0 Å². The molecule has 0 aliphatic carbocycles. The number of hydrogen-bond donors (Lipinski definition) is 2. The van der Waals surface area contributed by atoms with Crippen LogP contribution in [-0.2, 0) is 0 Å². The van der Waals surface area contributed by atoms with Crippen LogP contribution in [0.2, 0.25) is 0 Å². The van der Waals surface area contributed by atoms with Gasteiger partial charge < -0.3 is 10.0 Å². The van der Waals surface area contributed by atoms with Crippen molar-refractivity contribution in [1.82, 2.24) is 9.97 Å². The molecule has 5 rings (SSSR count). The molecule has 0 atom stereocenters. The summed E-state index contributed by atoms with van der Waals surface area (Å²) in [7, 11) is -1.51. The molecule has 5 aromatic rings. The van der Waals surface area contributed by atoms with Gasteiger partial charge in [-0.1, -0.05) is 78.9 Å². The highest BCUT2D eigenvalue weighted by molar-refractivity contribution is 6.58. The quantitative estimate of drug-likeness (QED) is 0.371. The minimum Gasteiger partial charge on any atom is -0.423 e. The Balaban J connectivity index is 1.71. The van der Waals surface area contributed by atoms with E-state index in [9.17, 15) is 10.0 Å². The number of fused-ring (bicyclic) bond motifs is 3. The molecule has 5 heteroatoms. The topological polar surface area (TPSA) is 66.2 Å². The highest BCUT2D eigenvalue weighted by atomic mass is 16.4. The van der Waals surface area contributed by atoms with E-state index in [-0.39, 0.29) is 0 Å². The lowest BCUT2D eigenvalue weighted by molar-refractivity contribution is 0.426. The second-order valence-electron chi connectivity index (χ2n) is 6.97. The van der Waals surface area contributed by atoms with E-state index in [0.717, 1.165) is 44.3 Å². The molecule has 0 bridgehead atoms. The molecule has 2 aromatic heterocycles. The van der Waals surface area contributed by atoms with Crippen LogP contribution >= 0.6 is 0 Å². The molecule has 2 heterocycles. The zero-order chi connectivity index (χ0) is 19.8. The Morgan fingerprint density at radius 3 is 1.72 bits per heavy atom. The first-order chi connectivity index (χ1) is 14.2. The molecule has 0 radical (unpaired) electrons. The summed E-state index contributed by atoms with van der Waals surface area (Å²) >= 11 is 0. The zero-order valence-electron chi connectivity index (χ0n) is 15.5. The number of rotatable bonds is 3. The molecule has 138 valence electrons. The first kappa shape index (κ1) is 17.6. The zero-order valence-corrected chi connectivity index (χ0v) is 15.5. The summed E-state index contributed by atoms with van der Waals surface area (Å²) in [5.41, 5.74) is 5.67. The van der Waals surface area contributed by atoms with Gasteiger partial charge in [0.25, 0.3) is 0 Å². The fraction of sp³-hybridized carbons (Fsp3) is 0. The van der Waals surface area contributed by atoms with Crippen molar-refractivity contribution in [2.45, 2.75) is 0 Å². The summed E-state index contributed by atoms with van der Waals surface area (Å²) in [6.07, 6.45) is 0. The molecule has 0 aliphatic rings. The molecule has 2 N–H and O–H groups in total. The molecule has 0 saturated heterocycles. The average molecular weight is 376 g/mol. The van der Waals surface area contributed by atoms with Gasteiger partial charge in [-0.2, -0.15) is 0 Å². The standard InChI is InChI=1S/C24H17BN2O2/c28-25(29)20-8-4-7-19(15-20)22-14-12-18-10-9-17-11-13-21(16-5-2-1-3-6-16)26-23(17)24(18)27-22/h1-15,28-29H. The van der Waals surface area contributed by atoms with Crippen LogP contribution < -0.4 is 5.46 Å². The van der Waals surface area contributed by atoms with Gasteiger partial charge in [0.15, 0.2) is 0 Å². The van der Waals surface area contributed by atoms with Crippen LogP contribution in [0.4, 0.5) is 0 Å². The van der Waals surface area contributed by atoms with Crippen LogP contribution in [0, 0.1) is 0 Å². The third-order valence-corrected chi connectivity index (χ3v) is 5.07. The van der Waals surface area contributed by atoms with E-state index >= 15 is 0 Å². The Bertz CT molecular complexity index is 1340. The second-order valence-corrected chi connectivity index (χ2v) is 6.97. The van der Waals surface area contributed by atoms with Crippen LogP contribution in [0.15, 0.2) is 91.0 Å². The lowest BCUT2D eigenvalue weighted by Crippen LogP contribution is -2.29. The Hall–Kier alpha value is -3.54. The summed E-state index contributed by atoms with van der Waals surface area (Å²) in [5.74, 6) is 0. The van der Waals surface area contributed by atoms with Gasteiger partial charge in [-0.3, -0.25) is 0 Å². The Labute approximate surface area is 168 Å². The normalized spacial score (nSPS) is 11.1. The number of hydrogen-bond acceptors (Lipinski definition) is 4. The van der Waals surface area contributed by atoms with E-state index in [4.69, 9.17) is 9.97 Å². The molecule has 0 spiro atoms. The van der Waals surface area contributed by atoms with Gasteiger partial charge in [0.1, 0.15) is 0 Å². The van der Waals surface area contributed by atoms with Crippen molar-refractivity contribution in [3.05, 3.63) is 91.0 Å². The van der Waals surface area contributed by atoms with Crippen LogP contribution in [0.1, 0.15) is 0 Å². The van der Waals surface area contributed by atoms with Crippen molar-refractivity contribution in [2.24, 2.45) is 0 Å². The third-order valence-electron chi connectivity index (χ3n) is 5.07. The predicted octanol–water partition coefficient (Wildman–Crippen LogP) is 3.80. The second kappa shape index (κ2) is 7.13. The number of benzene rings is 3. The van der Waals surface area contributed by atoms with E-state index in [1.165, 1.54) is 0 Å². The summed E-state index contributed by atoms with van der Waals surface area (Å²) < 4.78 is 0. The molecular weight excluding hydrogens is 359 g/mol. The van der Waals surface area contributed by atoms with E-state index in [1.54, 1.807) is 18.2 Å². The summed E-state index contributed by atoms with van der Waals surface area (Å²) in [6, 6.07) is 29.4. The van der Waals surface area contributed by atoms with Crippen LogP contribution in [-0.4, -0.2) is 27.1 Å². The molecule has 0 saturated carbocycles. The van der Waals surface area contributed by atoms with E-state index < -0.39 is 7.12 Å². The van der Waals surface area contributed by atoms with Crippen LogP contribution in [0.5, 0.6) is 0 Å². The van der Waals surface area contributed by atoms with Crippen molar-refractivity contribution in [1.29, 1.82) is 0 Å². The maximum absolute atomic E-state index is 9.47. The van der Waals surface area contributed by atoms with Crippen molar-refractivity contribution in [3.63, 3.8) is 0 Å². The fourth-order valence-electron chi connectivity index (χ4n) is 3.56. The molecule has 29 heavy (non-hydrogen) atoms. The highest BCUT2D eigenvalue weighted by Crippen LogP contribution is 2.28. The van der Waals surface area contributed by atoms with Crippen molar-refractivity contribution in [2.75, 3.05) is 0 Å². The maximum Gasteiger partial charge on any atom is 0.488 e. The molecule has 3 aromatic carbocycles. The van der Waals surface area contributed by atoms with E-state index in [1.807, 2.05) is 60.7 Å². The van der Waals surface area contributed by atoms with Crippen molar-refractivity contribution in [3.8, 4) is 22.5 Å². The summed E-state index contributed by atoms with van der Waals surface area (Å²) in [4.78, 5) is 9.79. The first-order valence-corrected chi connectivity index (χ1v) is 9.41. The van der Waals surface area contributed by atoms with Gasteiger partial charge in [0, 0.05) is 16.3 Å². The third kappa shape index (κ3) is 3.27. The van der Waals surface area contributed by atoms with Gasteiger partial charge >= 0.3 is 7.12 Å². The predicted molar refractivity (Wildman–Crippen MR) is 118 cm³/mol. The van der Waals surface area contributed by atoms with Crippen molar-refractivity contribution < 1.29 is 10.0 Å². The Morgan fingerprint density at radius 2 is 1.10 bits per heavy atom. The number of pyridine rings is 2. The van der Waals surface area contributed by atoms with E-state index in [2.05, 4.69) is 12.1 Å². The molecule has 0 amide bonds. The Morgan fingerprint density at radius 1 is 0.552 bits per heavy atom. The molecule has 4 nitrogen and oxygen atoms in total. The minimum absolute atomic E-state index is 0.437. The number of nitrogens with zero attached hydrogens (tertiary/aromatic N) is 2. The van der Waals surface area contributed by atoms with E-state index in [0.29, 0.717) is 5.46 Å². The molecule has 0 aliphatic heterocycles. The largest absolute Gasteiger partial charge is 0.488 e. The summed E-state index contributed by atoms with van der Waals surface area (Å²) in [6.45, 7) is 0. The van der Waals surface area contributed by atoms with Gasteiger partial charge in [0.05, 0.1) is 22.4 Å². The van der Waals surface area contributed by atoms with Gasteiger partial charge in [-0.25, -0.2) is 9.97 Å². The Kier molecular flexibility index (Phi) is 4.32. The van der Waals surface area contributed by atoms with Crippen LogP contribution in [0.25, 0.3) is 44.3 Å². The fourth-order valence-corrected chi connectivity index (χ4v) is 3.56. The molecule has 0 fully saturated rings.